The van der Waals surface area contributed by atoms with Crippen molar-refractivity contribution in [3.63, 3.8) is 0 Å². The highest BCUT2D eigenvalue weighted by Gasteiger charge is 2.35. The number of rotatable bonds is 5. The van der Waals surface area contributed by atoms with E-state index in [1.807, 2.05) is 30.3 Å². The van der Waals surface area contributed by atoms with E-state index in [2.05, 4.69) is 31.4 Å². The van der Waals surface area contributed by atoms with E-state index in [1.54, 1.807) is 25.1 Å². The van der Waals surface area contributed by atoms with Crippen molar-refractivity contribution in [2.75, 3.05) is 0 Å². The Hall–Kier alpha value is -2.38. The van der Waals surface area contributed by atoms with E-state index in [0.717, 1.165) is 10.0 Å². The van der Waals surface area contributed by atoms with Gasteiger partial charge in [0.25, 0.3) is 0 Å². The number of benzene rings is 2. The molecule has 0 fully saturated rings. The third kappa shape index (κ3) is 4.05. The van der Waals surface area contributed by atoms with E-state index >= 15 is 0 Å². The predicted octanol–water partition coefficient (Wildman–Crippen LogP) is 4.88. The molecule has 3 aromatic rings. The van der Waals surface area contributed by atoms with Crippen molar-refractivity contribution in [3.05, 3.63) is 69.5 Å². The Labute approximate surface area is 163 Å². The number of amides is 1. The van der Waals surface area contributed by atoms with E-state index in [1.165, 1.54) is 0 Å². The van der Waals surface area contributed by atoms with Crippen LogP contribution in [0.4, 0.5) is 4.79 Å². The average Bonchev–Trinajstić information content (AvgIpc) is 3.08. The zero-order chi connectivity index (χ0) is 18.7. The Morgan fingerprint density at radius 2 is 2.00 bits per heavy atom. The molecule has 0 aliphatic carbocycles. The van der Waals surface area contributed by atoms with Crippen molar-refractivity contribution in [3.8, 4) is 11.5 Å². The number of halogens is 2. The Morgan fingerprint density at radius 1 is 1.27 bits per heavy atom. The maximum absolute atomic E-state index is 11.3. The summed E-state index contributed by atoms with van der Waals surface area (Å²) in [6.07, 6.45) is -0.822. The van der Waals surface area contributed by atoms with Crippen LogP contribution >= 0.6 is 27.5 Å². The van der Waals surface area contributed by atoms with Gasteiger partial charge in [-0.3, -0.25) is 0 Å². The summed E-state index contributed by atoms with van der Waals surface area (Å²) in [6, 6.07) is 14.8. The molecule has 0 aliphatic rings. The highest BCUT2D eigenvalue weighted by molar-refractivity contribution is 9.10. The van der Waals surface area contributed by atoms with Crippen molar-refractivity contribution in [1.29, 1.82) is 0 Å². The fourth-order valence-electron chi connectivity index (χ4n) is 2.63. The fraction of sp³-hybridized carbons (Fsp3) is 0.167. The van der Waals surface area contributed by atoms with Gasteiger partial charge in [0.2, 0.25) is 11.8 Å². The van der Waals surface area contributed by atoms with E-state index in [4.69, 9.17) is 16.0 Å². The van der Waals surface area contributed by atoms with Crippen molar-refractivity contribution < 1.29 is 14.3 Å². The zero-order valence-electron chi connectivity index (χ0n) is 13.7. The Kier molecular flexibility index (Phi) is 5.29. The van der Waals surface area contributed by atoms with Crippen LogP contribution in [0.1, 0.15) is 18.4 Å². The standard InChI is InChI=1S/C18H15BrClN3O3/c1-18(21-17(24)25,10-11-5-3-2-4-6-11)16-23-22-15(26-16)13-9-12(19)7-8-14(13)20/h2-9,21H,10H2,1H3,(H,24,25). The van der Waals surface area contributed by atoms with Gasteiger partial charge in [-0.2, -0.15) is 0 Å². The molecule has 2 N–H and O–H groups in total. The Balaban J connectivity index is 1.99. The van der Waals surface area contributed by atoms with Crippen LogP contribution in [0.3, 0.4) is 0 Å². The molecule has 0 saturated heterocycles. The lowest BCUT2D eigenvalue weighted by molar-refractivity contribution is 0.172. The quantitative estimate of drug-likeness (QED) is 0.595. The van der Waals surface area contributed by atoms with Gasteiger partial charge >= 0.3 is 6.09 Å². The molecule has 0 spiro atoms. The van der Waals surface area contributed by atoms with E-state index in [-0.39, 0.29) is 11.8 Å². The van der Waals surface area contributed by atoms with Gasteiger partial charge < -0.3 is 14.8 Å². The van der Waals surface area contributed by atoms with Crippen LogP contribution in [0.15, 0.2) is 57.4 Å². The maximum atomic E-state index is 11.3. The fourth-order valence-corrected chi connectivity index (χ4v) is 3.19. The van der Waals surface area contributed by atoms with Crippen molar-refractivity contribution in [2.24, 2.45) is 0 Å². The van der Waals surface area contributed by atoms with Crippen molar-refractivity contribution in [2.45, 2.75) is 18.9 Å². The van der Waals surface area contributed by atoms with E-state index < -0.39 is 11.6 Å². The second kappa shape index (κ2) is 7.47. The summed E-state index contributed by atoms with van der Waals surface area (Å²) < 4.78 is 6.60. The number of nitrogens with one attached hydrogen (secondary N) is 1. The molecule has 1 atom stereocenters. The molecular weight excluding hydrogens is 422 g/mol. The molecule has 1 heterocycles. The first-order valence-corrected chi connectivity index (χ1v) is 8.89. The molecule has 0 bridgehead atoms. The molecule has 0 aliphatic heterocycles. The molecule has 3 rings (SSSR count). The highest BCUT2D eigenvalue weighted by atomic mass is 79.9. The summed E-state index contributed by atoms with van der Waals surface area (Å²) in [6.45, 7) is 1.70. The molecule has 1 amide bonds. The molecule has 6 nitrogen and oxygen atoms in total. The van der Waals surface area contributed by atoms with Crippen LogP contribution in [0, 0.1) is 0 Å². The summed E-state index contributed by atoms with van der Waals surface area (Å²) in [7, 11) is 0. The largest absolute Gasteiger partial charge is 0.465 e. The average molecular weight is 437 g/mol. The normalized spacial score (nSPS) is 13.2. The minimum atomic E-state index is -1.18. The maximum Gasteiger partial charge on any atom is 0.405 e. The molecule has 0 saturated carbocycles. The summed E-state index contributed by atoms with van der Waals surface area (Å²) in [5.74, 6) is 0.382. The number of aromatic nitrogens is 2. The predicted molar refractivity (Wildman–Crippen MR) is 101 cm³/mol. The SMILES string of the molecule is CC(Cc1ccccc1)(NC(=O)O)c1nnc(-c2cc(Br)ccc2Cl)o1. The van der Waals surface area contributed by atoms with Gasteiger partial charge in [-0.15, -0.1) is 10.2 Å². The number of hydrogen-bond donors (Lipinski definition) is 2. The third-order valence-electron chi connectivity index (χ3n) is 3.84. The topological polar surface area (TPSA) is 88.2 Å². The van der Waals surface area contributed by atoms with Crippen LogP contribution in [0.5, 0.6) is 0 Å². The summed E-state index contributed by atoms with van der Waals surface area (Å²) in [5, 5.41) is 20.3. The van der Waals surface area contributed by atoms with Gasteiger partial charge in [0.15, 0.2) is 0 Å². The van der Waals surface area contributed by atoms with Gasteiger partial charge in [0, 0.05) is 10.9 Å². The second-order valence-electron chi connectivity index (χ2n) is 5.96. The molecule has 26 heavy (non-hydrogen) atoms. The van der Waals surface area contributed by atoms with E-state index in [9.17, 15) is 9.90 Å². The van der Waals surface area contributed by atoms with Gasteiger partial charge in [-0.05, 0) is 30.7 Å². The first-order chi connectivity index (χ1) is 12.4. The van der Waals surface area contributed by atoms with Gasteiger partial charge in [-0.25, -0.2) is 4.79 Å². The number of nitrogens with zero attached hydrogens (tertiary/aromatic N) is 2. The monoisotopic (exact) mass is 435 g/mol. The van der Waals surface area contributed by atoms with Crippen LogP contribution in [-0.4, -0.2) is 21.4 Å². The van der Waals surface area contributed by atoms with Crippen LogP contribution < -0.4 is 5.32 Å². The molecule has 8 heteroatoms. The van der Waals surface area contributed by atoms with Gasteiger partial charge in [-0.1, -0.05) is 57.9 Å². The Morgan fingerprint density at radius 3 is 2.69 bits per heavy atom. The number of carbonyl (C=O) groups is 1. The highest BCUT2D eigenvalue weighted by Crippen LogP contribution is 2.32. The smallest absolute Gasteiger partial charge is 0.405 e. The lowest BCUT2D eigenvalue weighted by atomic mass is 9.93. The molecular formula is C18H15BrClN3O3. The first kappa shape index (κ1) is 18.4. The van der Waals surface area contributed by atoms with Gasteiger partial charge in [0.05, 0.1) is 10.6 Å². The molecule has 2 aromatic carbocycles. The second-order valence-corrected chi connectivity index (χ2v) is 7.28. The lowest BCUT2D eigenvalue weighted by Crippen LogP contribution is -2.44. The zero-order valence-corrected chi connectivity index (χ0v) is 16.1. The minimum absolute atomic E-state index is 0.162. The van der Waals surface area contributed by atoms with Crippen molar-refractivity contribution >= 4 is 33.6 Å². The summed E-state index contributed by atoms with van der Waals surface area (Å²) >= 11 is 9.59. The minimum Gasteiger partial charge on any atom is -0.465 e. The lowest BCUT2D eigenvalue weighted by Gasteiger charge is -2.25. The number of carboxylic acid groups (broad SMARTS) is 1. The molecule has 0 radical (unpaired) electrons. The van der Waals surface area contributed by atoms with Crippen LogP contribution in [0.2, 0.25) is 5.02 Å². The number of hydrogen-bond acceptors (Lipinski definition) is 4. The summed E-state index contributed by atoms with van der Waals surface area (Å²) in [5.41, 5.74) is 0.415. The third-order valence-corrected chi connectivity index (χ3v) is 4.66. The first-order valence-electron chi connectivity index (χ1n) is 7.72. The van der Waals surface area contributed by atoms with Crippen LogP contribution in [-0.2, 0) is 12.0 Å². The van der Waals surface area contributed by atoms with Gasteiger partial charge in [0.1, 0.15) is 5.54 Å². The van der Waals surface area contributed by atoms with E-state index in [0.29, 0.717) is 17.0 Å². The van der Waals surface area contributed by atoms with Crippen molar-refractivity contribution in [1.82, 2.24) is 15.5 Å². The Bertz CT molecular complexity index is 932. The molecule has 1 aromatic heterocycles. The molecule has 134 valence electrons. The molecule has 1 unspecified atom stereocenters. The van der Waals surface area contributed by atoms with Crippen LogP contribution in [0.25, 0.3) is 11.5 Å². The summed E-state index contributed by atoms with van der Waals surface area (Å²) in [4.78, 5) is 11.3.